The van der Waals surface area contributed by atoms with Crippen molar-refractivity contribution >= 4 is 16.3 Å². The summed E-state index contributed by atoms with van der Waals surface area (Å²) in [6, 6.07) is 0.608. The Bertz CT molecular complexity index is 549. The highest BCUT2D eigenvalue weighted by molar-refractivity contribution is 7.15. The van der Waals surface area contributed by atoms with Crippen molar-refractivity contribution in [1.29, 1.82) is 0 Å². The highest BCUT2D eigenvalue weighted by atomic mass is 32.1. The van der Waals surface area contributed by atoms with Crippen molar-refractivity contribution in [2.75, 3.05) is 0 Å². The molecule has 1 aliphatic carbocycles. The molecular weight excluding hydrogens is 266 g/mol. The normalized spacial score (nSPS) is 19.3. The predicted octanol–water partition coefficient (Wildman–Crippen LogP) is 4.15. The molecule has 2 aromatic heterocycles. The minimum Gasteiger partial charge on any atom is -0.308 e. The maximum atomic E-state index is 4.62. The quantitative estimate of drug-likeness (QED) is 0.857. The molecule has 1 fully saturated rings. The van der Waals surface area contributed by atoms with Gasteiger partial charge < -0.3 is 5.32 Å². The monoisotopic (exact) mass is 291 g/mol. The lowest BCUT2D eigenvalue weighted by atomic mass is 9.93. The van der Waals surface area contributed by atoms with Gasteiger partial charge in [-0.25, -0.2) is 4.98 Å². The van der Waals surface area contributed by atoms with Crippen molar-refractivity contribution in [1.82, 2.24) is 14.7 Å². The summed E-state index contributed by atoms with van der Waals surface area (Å²) in [6.07, 6.45) is 10.6. The molecule has 2 aromatic rings. The van der Waals surface area contributed by atoms with E-state index in [1.165, 1.54) is 44.2 Å². The van der Waals surface area contributed by atoms with E-state index < -0.39 is 0 Å². The lowest BCUT2D eigenvalue weighted by molar-refractivity contribution is 0.335. The van der Waals surface area contributed by atoms with Gasteiger partial charge in [-0.15, -0.1) is 11.3 Å². The van der Waals surface area contributed by atoms with Crippen LogP contribution in [0.5, 0.6) is 0 Å². The third kappa shape index (κ3) is 2.91. The number of rotatable bonds is 4. The van der Waals surface area contributed by atoms with Crippen LogP contribution in [0.1, 0.15) is 56.8 Å². The van der Waals surface area contributed by atoms with Crippen molar-refractivity contribution in [3.8, 4) is 0 Å². The molecule has 20 heavy (non-hydrogen) atoms. The van der Waals surface area contributed by atoms with Crippen LogP contribution in [0.25, 0.3) is 4.96 Å². The Morgan fingerprint density at radius 3 is 2.85 bits per heavy atom. The van der Waals surface area contributed by atoms with Gasteiger partial charge in [-0.05, 0) is 32.6 Å². The molecule has 0 saturated heterocycles. The van der Waals surface area contributed by atoms with Crippen LogP contribution in [0.4, 0.5) is 0 Å². The topological polar surface area (TPSA) is 29.3 Å². The molecule has 1 aliphatic rings. The Morgan fingerprint density at radius 1 is 1.35 bits per heavy atom. The maximum absolute atomic E-state index is 4.62. The Morgan fingerprint density at radius 2 is 2.10 bits per heavy atom. The second-order valence-corrected chi connectivity index (χ2v) is 6.99. The first-order valence-electron chi connectivity index (χ1n) is 7.90. The van der Waals surface area contributed by atoms with E-state index >= 15 is 0 Å². The van der Waals surface area contributed by atoms with Crippen molar-refractivity contribution in [2.24, 2.45) is 5.92 Å². The molecule has 1 saturated carbocycles. The second-order valence-electron chi connectivity index (χ2n) is 6.12. The van der Waals surface area contributed by atoms with E-state index in [1.807, 2.05) is 0 Å². The van der Waals surface area contributed by atoms with Crippen molar-refractivity contribution in [3.63, 3.8) is 0 Å². The molecule has 3 nitrogen and oxygen atoms in total. The van der Waals surface area contributed by atoms with E-state index in [-0.39, 0.29) is 0 Å². The highest BCUT2D eigenvalue weighted by Gasteiger charge is 2.19. The first kappa shape index (κ1) is 14.1. The van der Waals surface area contributed by atoms with Crippen molar-refractivity contribution < 1.29 is 0 Å². The molecule has 0 aromatic carbocycles. The summed E-state index contributed by atoms with van der Waals surface area (Å²) in [4.78, 5) is 5.73. The van der Waals surface area contributed by atoms with E-state index in [0.29, 0.717) is 6.04 Å². The number of aromatic nitrogens is 2. The number of imidazole rings is 1. The standard InChI is InChI=1S/C16H25N3S/c1-12(14-7-5-3-4-6-8-14)17-11-15-13(2)18-16-19(15)9-10-20-16/h9-10,12,14,17H,3-8,11H2,1-2H3/t12-/m0/s1. The highest BCUT2D eigenvalue weighted by Crippen LogP contribution is 2.26. The Balaban J connectivity index is 1.63. The SMILES string of the molecule is Cc1nc2sccn2c1CN[C@@H](C)C1CCCCCC1. The summed E-state index contributed by atoms with van der Waals surface area (Å²) in [5.74, 6) is 0.851. The van der Waals surface area contributed by atoms with Gasteiger partial charge in [-0.1, -0.05) is 25.7 Å². The summed E-state index contributed by atoms with van der Waals surface area (Å²) in [5, 5.41) is 5.86. The van der Waals surface area contributed by atoms with Crippen LogP contribution in [0.15, 0.2) is 11.6 Å². The van der Waals surface area contributed by atoms with Crippen LogP contribution in [0, 0.1) is 12.8 Å². The van der Waals surface area contributed by atoms with Gasteiger partial charge in [0.15, 0.2) is 4.96 Å². The van der Waals surface area contributed by atoms with Gasteiger partial charge in [0.1, 0.15) is 0 Å². The average Bonchev–Trinajstić information content (AvgIpc) is 2.86. The zero-order chi connectivity index (χ0) is 13.9. The third-order valence-electron chi connectivity index (χ3n) is 4.76. The minimum atomic E-state index is 0.608. The van der Waals surface area contributed by atoms with E-state index in [0.717, 1.165) is 23.1 Å². The number of nitrogens with one attached hydrogen (secondary N) is 1. The molecule has 4 heteroatoms. The molecule has 2 heterocycles. The lowest BCUT2D eigenvalue weighted by Gasteiger charge is -2.23. The molecule has 0 bridgehead atoms. The minimum absolute atomic E-state index is 0.608. The fourth-order valence-electron chi connectivity index (χ4n) is 3.39. The van der Waals surface area contributed by atoms with Crippen LogP contribution >= 0.6 is 11.3 Å². The van der Waals surface area contributed by atoms with Crippen LogP contribution in [0.3, 0.4) is 0 Å². The lowest BCUT2D eigenvalue weighted by Crippen LogP contribution is -2.33. The van der Waals surface area contributed by atoms with E-state index in [2.05, 4.69) is 40.1 Å². The van der Waals surface area contributed by atoms with Gasteiger partial charge in [0.05, 0.1) is 11.4 Å². The summed E-state index contributed by atoms with van der Waals surface area (Å²) in [5.41, 5.74) is 2.49. The van der Waals surface area contributed by atoms with Gasteiger partial charge in [0.25, 0.3) is 0 Å². The summed E-state index contributed by atoms with van der Waals surface area (Å²) in [6.45, 7) is 5.41. The smallest absolute Gasteiger partial charge is 0.194 e. The maximum Gasteiger partial charge on any atom is 0.194 e. The van der Waals surface area contributed by atoms with Crippen LogP contribution in [-0.2, 0) is 6.54 Å². The third-order valence-corrected chi connectivity index (χ3v) is 5.52. The Labute approximate surface area is 125 Å². The number of nitrogens with zero attached hydrogens (tertiary/aromatic N) is 2. The molecule has 0 aliphatic heterocycles. The van der Waals surface area contributed by atoms with Crippen LogP contribution < -0.4 is 5.32 Å². The van der Waals surface area contributed by atoms with Crippen LogP contribution in [0.2, 0.25) is 0 Å². The largest absolute Gasteiger partial charge is 0.308 e. The second kappa shape index (κ2) is 6.27. The molecule has 0 spiro atoms. The molecule has 0 amide bonds. The number of hydrogen-bond donors (Lipinski definition) is 1. The Hall–Kier alpha value is -0.870. The number of hydrogen-bond acceptors (Lipinski definition) is 3. The van der Waals surface area contributed by atoms with E-state index in [4.69, 9.17) is 0 Å². The predicted molar refractivity (Wildman–Crippen MR) is 85.3 cm³/mol. The zero-order valence-electron chi connectivity index (χ0n) is 12.6. The first-order valence-corrected chi connectivity index (χ1v) is 8.78. The molecule has 1 N–H and O–H groups in total. The molecule has 0 radical (unpaired) electrons. The number of fused-ring (bicyclic) bond motifs is 1. The van der Waals surface area contributed by atoms with Gasteiger partial charge in [0.2, 0.25) is 0 Å². The van der Waals surface area contributed by atoms with Gasteiger partial charge in [0, 0.05) is 24.2 Å². The van der Waals surface area contributed by atoms with E-state index in [1.54, 1.807) is 11.3 Å². The van der Waals surface area contributed by atoms with Gasteiger partial charge >= 0.3 is 0 Å². The Kier molecular flexibility index (Phi) is 4.41. The van der Waals surface area contributed by atoms with Gasteiger partial charge in [-0.2, -0.15) is 0 Å². The average molecular weight is 291 g/mol. The molecular formula is C16H25N3S. The summed E-state index contributed by atoms with van der Waals surface area (Å²) >= 11 is 1.71. The number of aryl methyl sites for hydroxylation is 1. The fraction of sp³-hybridized carbons (Fsp3) is 0.688. The molecule has 1 atom stereocenters. The molecule has 3 rings (SSSR count). The molecule has 0 unspecified atom stereocenters. The van der Waals surface area contributed by atoms with Crippen molar-refractivity contribution in [2.45, 2.75) is 65.0 Å². The summed E-state index contributed by atoms with van der Waals surface area (Å²) in [7, 11) is 0. The number of thiazole rings is 1. The zero-order valence-corrected chi connectivity index (χ0v) is 13.4. The summed E-state index contributed by atoms with van der Waals surface area (Å²) < 4.78 is 2.23. The van der Waals surface area contributed by atoms with Crippen molar-refractivity contribution in [3.05, 3.63) is 23.0 Å². The first-order chi connectivity index (χ1) is 9.75. The van der Waals surface area contributed by atoms with Gasteiger partial charge in [-0.3, -0.25) is 4.40 Å². The van der Waals surface area contributed by atoms with Crippen LogP contribution in [-0.4, -0.2) is 15.4 Å². The fourth-order valence-corrected chi connectivity index (χ4v) is 4.17. The molecule has 110 valence electrons. The van der Waals surface area contributed by atoms with E-state index in [9.17, 15) is 0 Å².